The molecule has 1 saturated heterocycles. The standard InChI is InChI=1S/C13H18ClNO2/c1-16-9-13-7-15-12(8-17-13)6-10-2-4-11(14)5-3-10/h2-5,12-13,15H,6-9H2,1H3/t12?,13-/m1/s1. The highest BCUT2D eigenvalue weighted by Gasteiger charge is 2.20. The fraction of sp³-hybridized carbons (Fsp3) is 0.538. The molecule has 0 aromatic heterocycles. The van der Waals surface area contributed by atoms with E-state index >= 15 is 0 Å². The molecule has 2 rings (SSSR count). The number of hydrogen-bond acceptors (Lipinski definition) is 3. The molecule has 0 spiro atoms. The first-order valence-electron chi connectivity index (χ1n) is 5.86. The van der Waals surface area contributed by atoms with Crippen LogP contribution in [0.5, 0.6) is 0 Å². The summed E-state index contributed by atoms with van der Waals surface area (Å²) in [6, 6.07) is 8.35. The van der Waals surface area contributed by atoms with Crippen molar-refractivity contribution in [2.45, 2.75) is 18.6 Å². The van der Waals surface area contributed by atoms with E-state index in [9.17, 15) is 0 Å². The maximum absolute atomic E-state index is 5.85. The number of halogens is 1. The number of ether oxygens (including phenoxy) is 2. The highest BCUT2D eigenvalue weighted by atomic mass is 35.5. The lowest BCUT2D eigenvalue weighted by Gasteiger charge is -2.30. The molecule has 1 aliphatic heterocycles. The predicted octanol–water partition coefficient (Wildman–Crippen LogP) is 1.89. The van der Waals surface area contributed by atoms with Gasteiger partial charge in [-0.05, 0) is 24.1 Å². The zero-order valence-electron chi connectivity index (χ0n) is 9.99. The number of morpholine rings is 1. The smallest absolute Gasteiger partial charge is 0.0933 e. The maximum Gasteiger partial charge on any atom is 0.0933 e. The lowest BCUT2D eigenvalue weighted by molar-refractivity contribution is -0.0356. The molecule has 0 radical (unpaired) electrons. The second-order valence-corrected chi connectivity index (χ2v) is 4.78. The van der Waals surface area contributed by atoms with E-state index < -0.39 is 0 Å². The average molecular weight is 256 g/mol. The quantitative estimate of drug-likeness (QED) is 0.891. The molecule has 1 aromatic rings. The summed E-state index contributed by atoms with van der Waals surface area (Å²) in [5.74, 6) is 0. The van der Waals surface area contributed by atoms with Gasteiger partial charge in [0.15, 0.2) is 0 Å². The van der Waals surface area contributed by atoms with Gasteiger partial charge in [-0.25, -0.2) is 0 Å². The molecule has 1 aliphatic rings. The van der Waals surface area contributed by atoms with E-state index in [2.05, 4.69) is 17.4 Å². The van der Waals surface area contributed by atoms with Crippen LogP contribution < -0.4 is 5.32 Å². The molecule has 1 heterocycles. The predicted molar refractivity (Wildman–Crippen MR) is 68.6 cm³/mol. The van der Waals surface area contributed by atoms with Crippen molar-refractivity contribution in [3.05, 3.63) is 34.9 Å². The van der Waals surface area contributed by atoms with E-state index in [4.69, 9.17) is 21.1 Å². The molecule has 0 saturated carbocycles. The molecule has 1 aromatic carbocycles. The second kappa shape index (κ2) is 6.36. The lowest BCUT2D eigenvalue weighted by Crippen LogP contribution is -2.48. The summed E-state index contributed by atoms with van der Waals surface area (Å²) in [6.07, 6.45) is 1.15. The van der Waals surface area contributed by atoms with Gasteiger partial charge in [-0.15, -0.1) is 0 Å². The fourth-order valence-electron chi connectivity index (χ4n) is 2.00. The van der Waals surface area contributed by atoms with Gasteiger partial charge in [0.05, 0.1) is 19.3 Å². The van der Waals surface area contributed by atoms with Crippen LogP contribution in [-0.2, 0) is 15.9 Å². The Morgan fingerprint density at radius 1 is 1.41 bits per heavy atom. The van der Waals surface area contributed by atoms with Gasteiger partial charge in [-0.1, -0.05) is 23.7 Å². The topological polar surface area (TPSA) is 30.5 Å². The molecule has 17 heavy (non-hydrogen) atoms. The summed E-state index contributed by atoms with van der Waals surface area (Å²) < 4.78 is 10.8. The van der Waals surface area contributed by atoms with Gasteiger partial charge in [-0.3, -0.25) is 0 Å². The highest BCUT2D eigenvalue weighted by molar-refractivity contribution is 6.30. The minimum Gasteiger partial charge on any atom is -0.382 e. The first kappa shape index (κ1) is 12.8. The van der Waals surface area contributed by atoms with Gasteiger partial charge >= 0.3 is 0 Å². The van der Waals surface area contributed by atoms with Crippen LogP contribution in [0.25, 0.3) is 0 Å². The lowest BCUT2D eigenvalue weighted by atomic mass is 10.1. The average Bonchev–Trinajstić information content (AvgIpc) is 2.35. The van der Waals surface area contributed by atoms with Crippen LogP contribution in [0.2, 0.25) is 5.02 Å². The van der Waals surface area contributed by atoms with E-state index in [1.54, 1.807) is 7.11 Å². The fourth-order valence-corrected chi connectivity index (χ4v) is 2.12. The molecule has 0 amide bonds. The molecule has 0 bridgehead atoms. The van der Waals surface area contributed by atoms with Crippen molar-refractivity contribution in [2.75, 3.05) is 26.9 Å². The summed E-state index contributed by atoms with van der Waals surface area (Å²) in [5.41, 5.74) is 1.28. The Labute approximate surface area is 107 Å². The Balaban J connectivity index is 1.79. The molecule has 94 valence electrons. The first-order valence-corrected chi connectivity index (χ1v) is 6.24. The van der Waals surface area contributed by atoms with Crippen LogP contribution in [0.3, 0.4) is 0 Å². The van der Waals surface area contributed by atoms with E-state index in [0.29, 0.717) is 12.6 Å². The van der Waals surface area contributed by atoms with Crippen molar-refractivity contribution in [1.82, 2.24) is 5.32 Å². The Morgan fingerprint density at radius 2 is 2.18 bits per heavy atom. The van der Waals surface area contributed by atoms with E-state index in [1.165, 1.54) is 5.56 Å². The number of nitrogens with one attached hydrogen (secondary N) is 1. The summed E-state index contributed by atoms with van der Waals surface area (Å²) in [5, 5.41) is 4.26. The van der Waals surface area contributed by atoms with Crippen molar-refractivity contribution in [2.24, 2.45) is 0 Å². The third kappa shape index (κ3) is 3.96. The normalized spacial score (nSPS) is 24.8. The van der Waals surface area contributed by atoms with E-state index in [0.717, 1.165) is 24.6 Å². The summed E-state index contributed by atoms with van der Waals surface area (Å²) in [7, 11) is 1.70. The number of rotatable bonds is 4. The van der Waals surface area contributed by atoms with Gasteiger partial charge in [-0.2, -0.15) is 0 Å². The Kier molecular flexibility index (Phi) is 4.80. The monoisotopic (exact) mass is 255 g/mol. The highest BCUT2D eigenvalue weighted by Crippen LogP contribution is 2.12. The molecule has 0 aliphatic carbocycles. The number of methoxy groups -OCH3 is 1. The van der Waals surface area contributed by atoms with E-state index in [-0.39, 0.29) is 6.10 Å². The van der Waals surface area contributed by atoms with Crippen molar-refractivity contribution in [1.29, 1.82) is 0 Å². The molecular weight excluding hydrogens is 238 g/mol. The zero-order chi connectivity index (χ0) is 12.1. The van der Waals surface area contributed by atoms with E-state index in [1.807, 2.05) is 12.1 Å². The van der Waals surface area contributed by atoms with Gasteiger partial charge in [0.25, 0.3) is 0 Å². The largest absolute Gasteiger partial charge is 0.382 e. The van der Waals surface area contributed by atoms with Gasteiger partial charge in [0.2, 0.25) is 0 Å². The minimum atomic E-state index is 0.182. The molecule has 2 atom stereocenters. The third-order valence-electron chi connectivity index (χ3n) is 2.92. The van der Waals surface area contributed by atoms with Crippen LogP contribution >= 0.6 is 11.6 Å². The van der Waals surface area contributed by atoms with Crippen molar-refractivity contribution in [3.63, 3.8) is 0 Å². The van der Waals surface area contributed by atoms with Crippen molar-refractivity contribution < 1.29 is 9.47 Å². The van der Waals surface area contributed by atoms with Crippen LogP contribution in [0, 0.1) is 0 Å². The number of benzene rings is 1. The molecule has 1 unspecified atom stereocenters. The van der Waals surface area contributed by atoms with Gasteiger partial charge in [0.1, 0.15) is 0 Å². The van der Waals surface area contributed by atoms with Crippen LogP contribution in [0.4, 0.5) is 0 Å². The molecule has 1 fully saturated rings. The van der Waals surface area contributed by atoms with Crippen molar-refractivity contribution in [3.8, 4) is 0 Å². The molecule has 3 nitrogen and oxygen atoms in total. The first-order chi connectivity index (χ1) is 8.28. The van der Waals surface area contributed by atoms with Crippen LogP contribution in [0.15, 0.2) is 24.3 Å². The molecule has 1 N–H and O–H groups in total. The molecule has 4 heteroatoms. The SMILES string of the molecule is COC[C@H]1CNC(Cc2ccc(Cl)cc2)CO1. The minimum absolute atomic E-state index is 0.182. The summed E-state index contributed by atoms with van der Waals surface area (Å²) in [4.78, 5) is 0. The second-order valence-electron chi connectivity index (χ2n) is 4.35. The Bertz CT molecular complexity index is 334. The summed E-state index contributed by atoms with van der Waals surface area (Å²) >= 11 is 5.85. The number of hydrogen-bond donors (Lipinski definition) is 1. The van der Waals surface area contributed by atoms with Gasteiger partial charge < -0.3 is 14.8 Å². The maximum atomic E-state index is 5.85. The summed E-state index contributed by atoms with van der Waals surface area (Å²) in [6.45, 7) is 2.24. The van der Waals surface area contributed by atoms with Crippen LogP contribution in [0.1, 0.15) is 5.56 Å². The van der Waals surface area contributed by atoms with Crippen molar-refractivity contribution >= 4 is 11.6 Å². The van der Waals surface area contributed by atoms with Crippen LogP contribution in [-0.4, -0.2) is 39.0 Å². The molecular formula is C13H18ClNO2. The zero-order valence-corrected chi connectivity index (χ0v) is 10.7. The third-order valence-corrected chi connectivity index (χ3v) is 3.17. The Morgan fingerprint density at radius 3 is 2.76 bits per heavy atom. The Hall–Kier alpha value is -0.610. The van der Waals surface area contributed by atoms with Gasteiger partial charge in [0, 0.05) is 24.7 Å².